The Morgan fingerprint density at radius 1 is 1.60 bits per heavy atom. The van der Waals surface area contributed by atoms with E-state index >= 15 is 0 Å². The van der Waals surface area contributed by atoms with Crippen LogP contribution in [0.3, 0.4) is 0 Å². The van der Waals surface area contributed by atoms with Crippen LogP contribution in [0.2, 0.25) is 0 Å². The molecule has 0 spiro atoms. The zero-order chi connectivity index (χ0) is 11.1. The molecule has 0 aliphatic heterocycles. The number of carbonyl (C=O) groups excluding carboxylic acids is 1. The molecule has 4 nitrogen and oxygen atoms in total. The van der Waals surface area contributed by atoms with Crippen molar-refractivity contribution in [1.29, 1.82) is 0 Å². The fraction of sp³-hybridized carbons (Fsp3) is 0.900. The second-order valence-corrected chi connectivity index (χ2v) is 4.86. The molecule has 1 saturated carbocycles. The van der Waals surface area contributed by atoms with E-state index in [1.807, 2.05) is 6.26 Å². The van der Waals surface area contributed by atoms with E-state index in [2.05, 4.69) is 5.48 Å². The summed E-state index contributed by atoms with van der Waals surface area (Å²) in [5.74, 6) is 0.703. The van der Waals surface area contributed by atoms with Gasteiger partial charge in [-0.15, -0.1) is 0 Å². The monoisotopic (exact) mass is 232 g/mol. The van der Waals surface area contributed by atoms with Crippen LogP contribution in [0.5, 0.6) is 0 Å². The first-order valence-electron chi connectivity index (χ1n) is 5.44. The smallest absolute Gasteiger partial charge is 0.260 e. The van der Waals surface area contributed by atoms with Crippen LogP contribution < -0.4 is 11.2 Å². The highest BCUT2D eigenvalue weighted by Crippen LogP contribution is 2.19. The third kappa shape index (κ3) is 4.86. The van der Waals surface area contributed by atoms with E-state index in [0.29, 0.717) is 6.42 Å². The minimum absolute atomic E-state index is 0.196. The Kier molecular flexibility index (Phi) is 6.05. The van der Waals surface area contributed by atoms with Crippen molar-refractivity contribution in [3.05, 3.63) is 0 Å². The van der Waals surface area contributed by atoms with E-state index in [1.165, 1.54) is 12.8 Å². The highest BCUT2D eigenvalue weighted by Gasteiger charge is 2.19. The zero-order valence-corrected chi connectivity index (χ0v) is 10.0. The van der Waals surface area contributed by atoms with Crippen molar-refractivity contribution in [1.82, 2.24) is 5.48 Å². The molecule has 0 radical (unpaired) electrons. The molecule has 1 aliphatic rings. The van der Waals surface area contributed by atoms with Gasteiger partial charge in [0.15, 0.2) is 0 Å². The van der Waals surface area contributed by atoms with Gasteiger partial charge >= 0.3 is 0 Å². The van der Waals surface area contributed by atoms with E-state index in [0.717, 1.165) is 18.6 Å². The third-order valence-electron chi connectivity index (χ3n) is 2.60. The number of rotatable bonds is 6. The van der Waals surface area contributed by atoms with Crippen molar-refractivity contribution < 1.29 is 9.63 Å². The Balaban J connectivity index is 2.11. The van der Waals surface area contributed by atoms with Crippen LogP contribution >= 0.6 is 11.8 Å². The molecule has 0 aromatic heterocycles. The first kappa shape index (κ1) is 12.8. The van der Waals surface area contributed by atoms with Crippen LogP contribution in [0, 0.1) is 0 Å². The lowest BCUT2D eigenvalue weighted by atomic mass is 10.2. The average Bonchev–Trinajstić information content (AvgIpc) is 2.75. The van der Waals surface area contributed by atoms with Gasteiger partial charge in [-0.25, -0.2) is 5.48 Å². The maximum absolute atomic E-state index is 11.4. The molecule has 0 unspecified atom stereocenters. The minimum atomic E-state index is -0.446. The molecular weight excluding hydrogens is 212 g/mol. The molecule has 1 amide bonds. The van der Waals surface area contributed by atoms with Gasteiger partial charge < -0.3 is 5.73 Å². The first-order valence-corrected chi connectivity index (χ1v) is 6.83. The molecule has 0 bridgehead atoms. The fourth-order valence-electron chi connectivity index (χ4n) is 1.60. The Hall–Kier alpha value is -0.260. The largest absolute Gasteiger partial charge is 0.320 e. The predicted molar refractivity (Wildman–Crippen MR) is 62.5 cm³/mol. The number of thioether (sulfide) groups is 1. The van der Waals surface area contributed by atoms with Crippen molar-refractivity contribution in [3.8, 4) is 0 Å². The molecule has 15 heavy (non-hydrogen) atoms. The number of nitrogens with two attached hydrogens (primary N) is 1. The summed E-state index contributed by atoms with van der Waals surface area (Å²) in [6.45, 7) is 0. The van der Waals surface area contributed by atoms with Crippen molar-refractivity contribution in [2.75, 3.05) is 12.0 Å². The van der Waals surface area contributed by atoms with Gasteiger partial charge in [-0.1, -0.05) is 12.8 Å². The Labute approximate surface area is 95.3 Å². The Morgan fingerprint density at radius 3 is 2.87 bits per heavy atom. The molecule has 5 heteroatoms. The molecule has 1 aliphatic carbocycles. The SMILES string of the molecule is CSCC[C@H](N)C(=O)NOC1CCCC1. The van der Waals surface area contributed by atoms with Gasteiger partial charge in [0, 0.05) is 0 Å². The third-order valence-corrected chi connectivity index (χ3v) is 3.24. The Bertz CT molecular complexity index is 196. The fourth-order valence-corrected chi connectivity index (χ4v) is 2.09. The number of hydrogen-bond acceptors (Lipinski definition) is 4. The summed E-state index contributed by atoms with van der Waals surface area (Å²) in [5.41, 5.74) is 8.14. The lowest BCUT2D eigenvalue weighted by molar-refractivity contribution is -0.139. The van der Waals surface area contributed by atoms with Crippen molar-refractivity contribution in [2.45, 2.75) is 44.2 Å². The van der Waals surface area contributed by atoms with Gasteiger partial charge in [0.25, 0.3) is 5.91 Å². The van der Waals surface area contributed by atoms with Crippen LogP contribution in [-0.4, -0.2) is 30.1 Å². The van der Waals surface area contributed by atoms with E-state index in [9.17, 15) is 4.79 Å². The first-order chi connectivity index (χ1) is 7.24. The second kappa shape index (κ2) is 7.09. The van der Waals surface area contributed by atoms with Crippen molar-refractivity contribution in [2.24, 2.45) is 5.73 Å². The van der Waals surface area contributed by atoms with Crippen LogP contribution in [0.15, 0.2) is 0 Å². The number of amides is 1. The van der Waals surface area contributed by atoms with Gasteiger partial charge in [-0.05, 0) is 31.3 Å². The molecule has 0 heterocycles. The topological polar surface area (TPSA) is 64.4 Å². The summed E-state index contributed by atoms with van der Waals surface area (Å²) in [6, 6.07) is -0.446. The van der Waals surface area contributed by atoms with E-state index in [-0.39, 0.29) is 12.0 Å². The lowest BCUT2D eigenvalue weighted by Crippen LogP contribution is -2.42. The standard InChI is InChI=1S/C10H20N2O2S/c1-15-7-6-9(11)10(13)12-14-8-4-2-3-5-8/h8-9H,2-7,11H2,1H3,(H,12,13)/t9-/m0/s1. The molecular formula is C10H20N2O2S. The summed E-state index contributed by atoms with van der Waals surface area (Å²) < 4.78 is 0. The van der Waals surface area contributed by atoms with Gasteiger partial charge in [-0.2, -0.15) is 11.8 Å². The molecule has 1 fully saturated rings. The quantitative estimate of drug-likeness (QED) is 0.672. The second-order valence-electron chi connectivity index (χ2n) is 3.88. The van der Waals surface area contributed by atoms with E-state index < -0.39 is 6.04 Å². The van der Waals surface area contributed by atoms with E-state index in [4.69, 9.17) is 10.6 Å². The Morgan fingerprint density at radius 2 is 2.27 bits per heavy atom. The number of hydrogen-bond donors (Lipinski definition) is 2. The maximum atomic E-state index is 11.4. The van der Waals surface area contributed by atoms with E-state index in [1.54, 1.807) is 11.8 Å². The van der Waals surface area contributed by atoms with Gasteiger partial charge in [0.1, 0.15) is 0 Å². The van der Waals surface area contributed by atoms with Crippen LogP contribution in [0.25, 0.3) is 0 Å². The predicted octanol–water partition coefficient (Wildman–Crippen LogP) is 1.06. The maximum Gasteiger partial charge on any atom is 0.260 e. The summed E-state index contributed by atoms with van der Waals surface area (Å²) in [4.78, 5) is 16.7. The molecule has 1 atom stereocenters. The summed E-state index contributed by atoms with van der Waals surface area (Å²) in [6.07, 6.45) is 7.36. The molecule has 1 rings (SSSR count). The molecule has 88 valence electrons. The summed E-state index contributed by atoms with van der Waals surface area (Å²) in [5, 5.41) is 0. The molecule has 3 N–H and O–H groups in total. The lowest BCUT2D eigenvalue weighted by Gasteiger charge is -2.14. The van der Waals surface area contributed by atoms with Crippen LogP contribution in [-0.2, 0) is 9.63 Å². The molecule has 0 aromatic rings. The van der Waals surface area contributed by atoms with Crippen LogP contribution in [0.1, 0.15) is 32.1 Å². The molecule has 0 aromatic carbocycles. The summed E-state index contributed by atoms with van der Waals surface area (Å²) >= 11 is 1.69. The minimum Gasteiger partial charge on any atom is -0.320 e. The van der Waals surface area contributed by atoms with Crippen molar-refractivity contribution >= 4 is 17.7 Å². The zero-order valence-electron chi connectivity index (χ0n) is 9.20. The number of nitrogens with one attached hydrogen (secondary N) is 1. The summed E-state index contributed by atoms with van der Waals surface area (Å²) in [7, 11) is 0. The highest BCUT2D eigenvalue weighted by atomic mass is 32.2. The van der Waals surface area contributed by atoms with Gasteiger partial charge in [-0.3, -0.25) is 9.63 Å². The van der Waals surface area contributed by atoms with Crippen LogP contribution in [0.4, 0.5) is 0 Å². The highest BCUT2D eigenvalue weighted by molar-refractivity contribution is 7.98. The number of hydroxylamine groups is 1. The van der Waals surface area contributed by atoms with Gasteiger partial charge in [0.05, 0.1) is 12.1 Å². The van der Waals surface area contributed by atoms with Gasteiger partial charge in [0.2, 0.25) is 0 Å². The average molecular weight is 232 g/mol. The van der Waals surface area contributed by atoms with Crippen molar-refractivity contribution in [3.63, 3.8) is 0 Å². The number of carbonyl (C=O) groups is 1. The molecule has 0 saturated heterocycles. The normalized spacial score (nSPS) is 19.1.